The second-order valence-electron chi connectivity index (χ2n) is 5.15. The Morgan fingerprint density at radius 3 is 2.35 bits per heavy atom. The number of nitrogens with zero attached hydrogens (tertiary/aromatic N) is 3. The van der Waals surface area contributed by atoms with E-state index in [1.807, 2.05) is 24.3 Å². The van der Waals surface area contributed by atoms with Crippen LogP contribution in [0.15, 0.2) is 53.1 Å². The van der Waals surface area contributed by atoms with Crippen LogP contribution in [0.2, 0.25) is 0 Å². The molecular formula is C18H17BrN4O3. The van der Waals surface area contributed by atoms with Crippen LogP contribution < -0.4 is 19.5 Å². The largest absolute Gasteiger partial charge is 0.481 e. The highest BCUT2D eigenvalue weighted by Crippen LogP contribution is 2.26. The smallest absolute Gasteiger partial charge is 0.328 e. The molecule has 1 aromatic carbocycles. The molecule has 2 heterocycles. The Hall–Kier alpha value is -2.87. The molecule has 0 aliphatic carbocycles. The first kappa shape index (κ1) is 17.9. The number of benzene rings is 1. The lowest BCUT2D eigenvalue weighted by Gasteiger charge is -2.11. The molecule has 26 heavy (non-hydrogen) atoms. The number of halogens is 1. The van der Waals surface area contributed by atoms with E-state index in [4.69, 9.17) is 14.2 Å². The van der Waals surface area contributed by atoms with E-state index in [1.54, 1.807) is 24.4 Å². The molecule has 0 bridgehead atoms. The van der Waals surface area contributed by atoms with Crippen molar-refractivity contribution in [2.24, 2.45) is 0 Å². The number of hydrogen-bond acceptors (Lipinski definition) is 7. The van der Waals surface area contributed by atoms with Gasteiger partial charge in [-0.15, -0.1) is 0 Å². The number of hydrogen-bond donors (Lipinski definition) is 1. The number of nitrogens with one attached hydrogen (secondary N) is 1. The van der Waals surface area contributed by atoms with Crippen molar-refractivity contribution in [2.45, 2.75) is 6.54 Å². The van der Waals surface area contributed by atoms with Crippen LogP contribution in [-0.2, 0) is 6.54 Å². The zero-order chi connectivity index (χ0) is 18.4. The summed E-state index contributed by atoms with van der Waals surface area (Å²) < 4.78 is 17.1. The Labute approximate surface area is 159 Å². The van der Waals surface area contributed by atoms with Gasteiger partial charge in [0.15, 0.2) is 5.75 Å². The van der Waals surface area contributed by atoms with Crippen molar-refractivity contribution in [3.63, 3.8) is 0 Å². The van der Waals surface area contributed by atoms with Crippen LogP contribution in [0.4, 0.5) is 5.69 Å². The molecule has 3 rings (SSSR count). The van der Waals surface area contributed by atoms with E-state index in [0.29, 0.717) is 24.1 Å². The Morgan fingerprint density at radius 1 is 1.00 bits per heavy atom. The third-order valence-corrected chi connectivity index (χ3v) is 3.96. The van der Waals surface area contributed by atoms with Gasteiger partial charge >= 0.3 is 6.01 Å². The van der Waals surface area contributed by atoms with Crippen molar-refractivity contribution in [2.75, 3.05) is 19.5 Å². The van der Waals surface area contributed by atoms with Gasteiger partial charge in [-0.25, -0.2) is 0 Å². The summed E-state index contributed by atoms with van der Waals surface area (Å²) in [4.78, 5) is 12.7. The van der Waals surface area contributed by atoms with Crippen LogP contribution in [0.5, 0.6) is 23.5 Å². The summed E-state index contributed by atoms with van der Waals surface area (Å²) in [6.07, 6.45) is 1.71. The molecule has 0 amide bonds. The monoisotopic (exact) mass is 416 g/mol. The molecule has 0 saturated carbocycles. The summed E-state index contributed by atoms with van der Waals surface area (Å²) >= 11 is 3.42. The zero-order valence-electron chi connectivity index (χ0n) is 14.3. The summed E-state index contributed by atoms with van der Waals surface area (Å²) in [7, 11) is 3.03. The third-order valence-electron chi connectivity index (χ3n) is 3.43. The topological polar surface area (TPSA) is 78.4 Å². The highest BCUT2D eigenvalue weighted by molar-refractivity contribution is 9.10. The van der Waals surface area contributed by atoms with Crippen LogP contribution in [0, 0.1) is 0 Å². The first-order chi connectivity index (χ1) is 12.7. The van der Waals surface area contributed by atoms with Crippen molar-refractivity contribution < 1.29 is 14.2 Å². The molecule has 0 spiro atoms. The fourth-order valence-electron chi connectivity index (χ4n) is 2.14. The summed E-state index contributed by atoms with van der Waals surface area (Å²) in [5.41, 5.74) is 1.70. The van der Waals surface area contributed by atoms with Crippen molar-refractivity contribution in [1.29, 1.82) is 0 Å². The molecule has 0 radical (unpaired) electrons. The average molecular weight is 417 g/mol. The van der Waals surface area contributed by atoms with Gasteiger partial charge < -0.3 is 19.5 Å². The van der Waals surface area contributed by atoms with Crippen LogP contribution >= 0.6 is 15.9 Å². The average Bonchev–Trinajstić information content (AvgIpc) is 2.68. The fourth-order valence-corrected chi connectivity index (χ4v) is 2.40. The quantitative estimate of drug-likeness (QED) is 0.621. The molecule has 1 N–H and O–H groups in total. The van der Waals surface area contributed by atoms with E-state index in [2.05, 4.69) is 36.2 Å². The normalized spacial score (nSPS) is 10.3. The molecule has 3 aromatic rings. The van der Waals surface area contributed by atoms with Gasteiger partial charge in [-0.05, 0) is 36.4 Å². The standard InChI is InChI=1S/C18H17BrN4O3/c1-24-16-10-17(25-2)23-18(22-16)26-15-4-3-9-20-14(15)11-21-13-7-5-12(19)6-8-13/h3-10,21H,11H2,1-2H3. The van der Waals surface area contributed by atoms with Crippen LogP contribution in [0.3, 0.4) is 0 Å². The van der Waals surface area contributed by atoms with E-state index >= 15 is 0 Å². The van der Waals surface area contributed by atoms with Crippen LogP contribution in [0.1, 0.15) is 5.69 Å². The van der Waals surface area contributed by atoms with Crippen molar-refractivity contribution in [3.05, 3.63) is 58.8 Å². The van der Waals surface area contributed by atoms with Gasteiger partial charge in [-0.3, -0.25) is 4.98 Å². The molecule has 0 atom stereocenters. The molecular weight excluding hydrogens is 400 g/mol. The molecule has 0 aliphatic rings. The zero-order valence-corrected chi connectivity index (χ0v) is 15.9. The van der Waals surface area contributed by atoms with E-state index in [0.717, 1.165) is 15.9 Å². The van der Waals surface area contributed by atoms with Gasteiger partial charge in [-0.2, -0.15) is 9.97 Å². The summed E-state index contributed by atoms with van der Waals surface area (Å²) in [6, 6.07) is 13.2. The number of rotatable bonds is 7. The Bertz CT molecular complexity index is 852. The minimum Gasteiger partial charge on any atom is -0.481 e. The third kappa shape index (κ3) is 4.60. The lowest BCUT2D eigenvalue weighted by molar-refractivity contribution is 0.347. The van der Waals surface area contributed by atoms with Gasteiger partial charge in [0.05, 0.1) is 26.8 Å². The molecule has 0 fully saturated rings. The van der Waals surface area contributed by atoms with Crippen molar-refractivity contribution in [1.82, 2.24) is 15.0 Å². The minimum atomic E-state index is 0.124. The molecule has 2 aromatic heterocycles. The predicted octanol–water partition coefficient (Wildman–Crippen LogP) is 4.06. The second-order valence-corrected chi connectivity index (χ2v) is 6.06. The maximum Gasteiger partial charge on any atom is 0.328 e. The minimum absolute atomic E-state index is 0.124. The Morgan fingerprint density at radius 2 is 1.69 bits per heavy atom. The first-order valence-electron chi connectivity index (χ1n) is 7.76. The number of methoxy groups -OCH3 is 2. The molecule has 0 aliphatic heterocycles. The van der Waals surface area contributed by atoms with Crippen LogP contribution in [-0.4, -0.2) is 29.2 Å². The Balaban J connectivity index is 1.77. The Kier molecular flexibility index (Phi) is 5.85. The first-order valence-corrected chi connectivity index (χ1v) is 8.55. The lowest BCUT2D eigenvalue weighted by Crippen LogP contribution is -2.05. The van der Waals surface area contributed by atoms with Crippen LogP contribution in [0.25, 0.3) is 0 Å². The van der Waals surface area contributed by atoms with E-state index in [9.17, 15) is 0 Å². The van der Waals surface area contributed by atoms with Crippen molar-refractivity contribution in [3.8, 4) is 23.5 Å². The van der Waals surface area contributed by atoms with E-state index in [-0.39, 0.29) is 6.01 Å². The SMILES string of the molecule is COc1cc(OC)nc(Oc2cccnc2CNc2ccc(Br)cc2)n1. The maximum atomic E-state index is 5.81. The van der Waals surface area contributed by atoms with E-state index in [1.165, 1.54) is 14.2 Å². The molecule has 0 saturated heterocycles. The lowest BCUT2D eigenvalue weighted by atomic mass is 10.3. The number of anilines is 1. The van der Waals surface area contributed by atoms with Crippen molar-refractivity contribution >= 4 is 21.6 Å². The van der Waals surface area contributed by atoms with Gasteiger partial charge in [0.1, 0.15) is 5.69 Å². The second kappa shape index (κ2) is 8.48. The molecule has 7 nitrogen and oxygen atoms in total. The van der Waals surface area contributed by atoms with Gasteiger partial charge in [0.25, 0.3) is 0 Å². The van der Waals surface area contributed by atoms with E-state index < -0.39 is 0 Å². The number of aromatic nitrogens is 3. The summed E-state index contributed by atoms with van der Waals surface area (Å²) in [6.45, 7) is 0.485. The fraction of sp³-hybridized carbons (Fsp3) is 0.167. The number of pyridine rings is 1. The number of ether oxygens (including phenoxy) is 3. The summed E-state index contributed by atoms with van der Waals surface area (Å²) in [5.74, 6) is 1.25. The highest BCUT2D eigenvalue weighted by Gasteiger charge is 2.11. The predicted molar refractivity (Wildman–Crippen MR) is 101 cm³/mol. The van der Waals surface area contributed by atoms with Gasteiger partial charge in [-0.1, -0.05) is 15.9 Å². The van der Waals surface area contributed by atoms with Gasteiger partial charge in [0, 0.05) is 16.4 Å². The van der Waals surface area contributed by atoms with Gasteiger partial charge in [0.2, 0.25) is 11.8 Å². The molecule has 0 unspecified atom stereocenters. The molecule has 8 heteroatoms. The summed E-state index contributed by atoms with van der Waals surface area (Å²) in [5, 5.41) is 3.31. The molecule has 134 valence electrons. The maximum absolute atomic E-state index is 5.81. The highest BCUT2D eigenvalue weighted by atomic mass is 79.9.